The van der Waals surface area contributed by atoms with E-state index in [-0.39, 0.29) is 36.4 Å². The van der Waals surface area contributed by atoms with Gasteiger partial charge in [0.25, 0.3) is 0 Å². The maximum absolute atomic E-state index is 14.8. The standard InChI is InChI=1S/C28H32O9/c1-23-11-18-25(3)28-19(23)20(30)27(37-28,34-12-16(23)21(31)35-18)15-8-7-13-5-4-6-17(29)24(13,2)14(15)9-10-26(28,33)22(32)36-25/h4,6,13-16,18-19,33H,5,7-12H2,1-3H3. The van der Waals surface area contributed by atoms with E-state index >= 15 is 0 Å². The van der Waals surface area contributed by atoms with E-state index in [0.29, 0.717) is 19.3 Å². The van der Waals surface area contributed by atoms with Crippen LogP contribution in [0.5, 0.6) is 0 Å². The van der Waals surface area contributed by atoms with Gasteiger partial charge in [0.1, 0.15) is 6.10 Å². The Kier molecular flexibility index (Phi) is 3.83. The number of ketones is 2. The van der Waals surface area contributed by atoms with E-state index in [1.165, 1.54) is 0 Å². The minimum Gasteiger partial charge on any atom is -0.458 e. The monoisotopic (exact) mass is 512 g/mol. The number of hydrogen-bond donors (Lipinski definition) is 1. The van der Waals surface area contributed by atoms with Crippen LogP contribution in [0, 0.1) is 40.4 Å². The van der Waals surface area contributed by atoms with Crippen LogP contribution in [0.3, 0.4) is 0 Å². The first-order chi connectivity index (χ1) is 17.4. The lowest BCUT2D eigenvalue weighted by atomic mass is 9.46. The number of aliphatic hydroxyl groups is 1. The Morgan fingerprint density at radius 1 is 1.03 bits per heavy atom. The largest absolute Gasteiger partial charge is 0.458 e. The Bertz CT molecular complexity index is 1240. The molecule has 0 amide bonds. The summed E-state index contributed by atoms with van der Waals surface area (Å²) in [6.07, 6.45) is 5.44. The van der Waals surface area contributed by atoms with Crippen LogP contribution < -0.4 is 0 Å². The molecular formula is C28H32O9. The molecule has 198 valence electrons. The molecule has 0 radical (unpaired) electrons. The molecule has 12 atom stereocenters. The van der Waals surface area contributed by atoms with E-state index in [0.717, 1.165) is 12.8 Å². The van der Waals surface area contributed by atoms with Crippen molar-refractivity contribution in [2.24, 2.45) is 40.4 Å². The van der Waals surface area contributed by atoms with Crippen molar-refractivity contribution in [2.45, 2.75) is 88.0 Å². The second kappa shape index (κ2) is 6.20. The first-order valence-electron chi connectivity index (χ1n) is 13.7. The van der Waals surface area contributed by atoms with Gasteiger partial charge in [-0.05, 0) is 68.8 Å². The third-order valence-corrected chi connectivity index (χ3v) is 12.5. The molecule has 0 aromatic heterocycles. The third kappa shape index (κ3) is 2.01. The molecule has 5 aliphatic heterocycles. The van der Waals surface area contributed by atoms with Crippen LogP contribution in [-0.4, -0.2) is 63.9 Å². The first kappa shape index (κ1) is 22.8. The van der Waals surface area contributed by atoms with Gasteiger partial charge in [0.2, 0.25) is 5.79 Å². The molecule has 5 bridgehead atoms. The van der Waals surface area contributed by atoms with Crippen molar-refractivity contribution in [1.29, 1.82) is 0 Å². The Morgan fingerprint density at radius 2 is 1.81 bits per heavy atom. The highest BCUT2D eigenvalue weighted by molar-refractivity contribution is 6.00. The number of rotatable bonds is 0. The third-order valence-electron chi connectivity index (χ3n) is 12.5. The predicted molar refractivity (Wildman–Crippen MR) is 122 cm³/mol. The molecule has 9 nitrogen and oxygen atoms in total. The summed E-state index contributed by atoms with van der Waals surface area (Å²) in [5, 5.41) is 12.4. The summed E-state index contributed by atoms with van der Waals surface area (Å²) in [6, 6.07) is 0. The molecule has 9 heteroatoms. The van der Waals surface area contributed by atoms with Crippen LogP contribution in [0.4, 0.5) is 0 Å². The number of allylic oxidation sites excluding steroid dienone is 2. The number of carbonyl (C=O) groups is 4. The number of ether oxygens (including phenoxy) is 4. The fourth-order valence-corrected chi connectivity index (χ4v) is 10.5. The highest BCUT2D eigenvalue weighted by Gasteiger charge is 2.93. The summed E-state index contributed by atoms with van der Waals surface area (Å²) in [7, 11) is 0. The van der Waals surface area contributed by atoms with E-state index in [1.54, 1.807) is 13.0 Å². The summed E-state index contributed by atoms with van der Waals surface area (Å²) in [6.45, 7) is 5.41. The molecule has 2 saturated carbocycles. The van der Waals surface area contributed by atoms with Crippen LogP contribution in [-0.2, 0) is 38.1 Å². The van der Waals surface area contributed by atoms with E-state index in [4.69, 9.17) is 18.9 Å². The van der Waals surface area contributed by atoms with Gasteiger partial charge >= 0.3 is 11.9 Å². The van der Waals surface area contributed by atoms with E-state index in [9.17, 15) is 24.3 Å². The molecular weight excluding hydrogens is 480 g/mol. The molecule has 0 aromatic rings. The maximum Gasteiger partial charge on any atom is 0.342 e. The number of Topliss-reactive ketones (excluding diaryl/α,β-unsaturated/α-hetero) is 1. The van der Waals surface area contributed by atoms with Gasteiger partial charge in [0.15, 0.2) is 28.4 Å². The SMILES string of the molecule is CC12CC3OC(=O)C1COC14OC5(C2C1=O)C(O)(CCC1C4CCC2CC=CC(=O)C21C)C(=O)OC35C. The van der Waals surface area contributed by atoms with E-state index in [2.05, 4.69) is 0 Å². The lowest BCUT2D eigenvalue weighted by Gasteiger charge is -2.63. The minimum atomic E-state index is -2.15. The Balaban J connectivity index is 1.42. The molecule has 8 rings (SSSR count). The number of fused-ring (bicyclic) bond motifs is 5. The van der Waals surface area contributed by atoms with Crippen molar-refractivity contribution in [1.82, 2.24) is 0 Å². The van der Waals surface area contributed by atoms with E-state index < -0.39 is 69.2 Å². The molecule has 2 spiro atoms. The average Bonchev–Trinajstić information content (AvgIpc) is 3.16. The van der Waals surface area contributed by atoms with Crippen molar-refractivity contribution in [3.63, 3.8) is 0 Å². The predicted octanol–water partition coefficient (Wildman–Crippen LogP) is 1.64. The van der Waals surface area contributed by atoms with Gasteiger partial charge in [-0.1, -0.05) is 19.9 Å². The van der Waals surface area contributed by atoms with Gasteiger partial charge in [-0.15, -0.1) is 0 Å². The summed E-state index contributed by atoms with van der Waals surface area (Å²) in [5.41, 5.74) is -7.20. The maximum atomic E-state index is 14.8. The fourth-order valence-electron chi connectivity index (χ4n) is 10.5. The van der Waals surface area contributed by atoms with Gasteiger partial charge < -0.3 is 24.1 Å². The Hall–Kier alpha value is -2.10. The zero-order valence-electron chi connectivity index (χ0n) is 21.3. The van der Waals surface area contributed by atoms with Crippen molar-refractivity contribution in [3.8, 4) is 0 Å². The van der Waals surface area contributed by atoms with Crippen LogP contribution >= 0.6 is 0 Å². The lowest BCUT2D eigenvalue weighted by Crippen LogP contribution is -2.79. The second-order valence-corrected chi connectivity index (χ2v) is 13.5. The summed E-state index contributed by atoms with van der Waals surface area (Å²) >= 11 is 0. The van der Waals surface area contributed by atoms with Gasteiger partial charge in [0, 0.05) is 11.3 Å². The fraction of sp³-hybridized carbons (Fsp3) is 0.786. The van der Waals surface area contributed by atoms with Crippen LogP contribution in [0.1, 0.15) is 59.3 Å². The highest BCUT2D eigenvalue weighted by Crippen LogP contribution is 2.75. The molecule has 5 heterocycles. The highest BCUT2D eigenvalue weighted by atomic mass is 16.8. The summed E-state index contributed by atoms with van der Waals surface area (Å²) in [5.74, 6) is -5.92. The summed E-state index contributed by atoms with van der Waals surface area (Å²) < 4.78 is 25.2. The smallest absolute Gasteiger partial charge is 0.342 e. The molecule has 5 saturated heterocycles. The van der Waals surface area contributed by atoms with Crippen molar-refractivity contribution in [3.05, 3.63) is 12.2 Å². The van der Waals surface area contributed by atoms with Gasteiger partial charge in [-0.25, -0.2) is 4.79 Å². The van der Waals surface area contributed by atoms with Gasteiger partial charge in [-0.3, -0.25) is 14.4 Å². The van der Waals surface area contributed by atoms with Gasteiger partial charge in [-0.2, -0.15) is 0 Å². The van der Waals surface area contributed by atoms with E-state index in [1.807, 2.05) is 19.9 Å². The Morgan fingerprint density at radius 3 is 2.59 bits per heavy atom. The lowest BCUT2D eigenvalue weighted by molar-refractivity contribution is -0.376. The molecule has 12 unspecified atom stereocenters. The number of hydrogen-bond acceptors (Lipinski definition) is 9. The second-order valence-electron chi connectivity index (χ2n) is 13.5. The van der Waals surface area contributed by atoms with Crippen LogP contribution in [0.15, 0.2) is 12.2 Å². The molecule has 3 aliphatic carbocycles. The zero-order valence-corrected chi connectivity index (χ0v) is 21.3. The molecule has 8 aliphatic rings. The normalized spacial score (nSPS) is 60.6. The quantitative estimate of drug-likeness (QED) is 0.482. The average molecular weight is 513 g/mol. The molecule has 7 fully saturated rings. The first-order valence-corrected chi connectivity index (χ1v) is 13.7. The van der Waals surface area contributed by atoms with Crippen molar-refractivity contribution in [2.75, 3.05) is 6.61 Å². The molecule has 0 aromatic carbocycles. The van der Waals surface area contributed by atoms with Crippen molar-refractivity contribution >= 4 is 23.5 Å². The topological polar surface area (TPSA) is 125 Å². The molecule has 37 heavy (non-hydrogen) atoms. The van der Waals surface area contributed by atoms with Crippen LogP contribution in [0.2, 0.25) is 0 Å². The Labute approximate surface area is 214 Å². The zero-order chi connectivity index (χ0) is 26.0. The number of carbonyl (C=O) groups excluding carboxylic acids is 4. The van der Waals surface area contributed by atoms with Gasteiger partial charge in [0.05, 0.1) is 18.4 Å². The van der Waals surface area contributed by atoms with Crippen molar-refractivity contribution < 1.29 is 43.2 Å². The summed E-state index contributed by atoms with van der Waals surface area (Å²) in [4.78, 5) is 55.3. The number of esters is 2. The molecule has 1 N–H and O–H groups in total. The minimum absolute atomic E-state index is 0.0000735. The van der Waals surface area contributed by atoms with Crippen LogP contribution in [0.25, 0.3) is 0 Å².